The summed E-state index contributed by atoms with van der Waals surface area (Å²) in [6, 6.07) is 7.03. The maximum Gasteiger partial charge on any atom is 0.344 e. The van der Waals surface area contributed by atoms with Gasteiger partial charge in [-0.05, 0) is 11.1 Å². The minimum absolute atomic E-state index is 0.449. The maximum absolute atomic E-state index is 10.1. The number of nitrogens with zero attached hydrogens (tertiary/aromatic N) is 1. The van der Waals surface area contributed by atoms with Crippen LogP contribution in [0, 0.1) is 5.41 Å². The fourth-order valence-corrected chi connectivity index (χ4v) is 0.869. The van der Waals surface area contributed by atoms with E-state index >= 15 is 0 Å². The van der Waals surface area contributed by atoms with Crippen LogP contribution in [-0.4, -0.2) is 30.1 Å². The highest BCUT2D eigenvalue weighted by molar-refractivity contribution is 5.82. The van der Waals surface area contributed by atoms with Crippen LogP contribution < -0.4 is 0 Å². The van der Waals surface area contributed by atoms with Crippen LogP contribution in [-0.2, 0) is 9.63 Å². The molecule has 2 N–H and O–H groups in total. The zero-order valence-electron chi connectivity index (χ0n) is 7.88. The van der Waals surface area contributed by atoms with Gasteiger partial charge in [-0.25, -0.2) is 4.79 Å². The van der Waals surface area contributed by atoms with Gasteiger partial charge in [0, 0.05) is 6.21 Å². The van der Waals surface area contributed by atoms with Crippen molar-refractivity contribution in [3.05, 3.63) is 35.4 Å². The summed E-state index contributed by atoms with van der Waals surface area (Å²) in [5.41, 5.74) is 1.57. The van der Waals surface area contributed by atoms with Gasteiger partial charge in [-0.2, -0.15) is 0 Å². The Kier molecular flexibility index (Phi) is 4.03. The first-order valence-electron chi connectivity index (χ1n) is 4.20. The summed E-state index contributed by atoms with van der Waals surface area (Å²) >= 11 is 0. The lowest BCUT2D eigenvalue weighted by molar-refractivity contribution is -0.142. The van der Waals surface area contributed by atoms with Crippen LogP contribution in [0.4, 0.5) is 0 Å². The fourth-order valence-electron chi connectivity index (χ4n) is 0.869. The largest absolute Gasteiger partial charge is 0.479 e. The quantitative estimate of drug-likeness (QED) is 0.559. The van der Waals surface area contributed by atoms with Gasteiger partial charge < -0.3 is 15.4 Å². The molecule has 78 valence electrons. The number of hydrogen-bond donors (Lipinski definition) is 2. The average Bonchev–Trinajstić information content (AvgIpc) is 2.25. The second-order valence-corrected chi connectivity index (χ2v) is 2.71. The minimum atomic E-state index is -1.06. The van der Waals surface area contributed by atoms with Crippen LogP contribution in [0.3, 0.4) is 0 Å². The van der Waals surface area contributed by atoms with Crippen molar-refractivity contribution in [1.29, 1.82) is 5.41 Å². The predicted octanol–water partition coefficient (Wildman–Crippen LogP) is 1.12. The molecule has 0 aliphatic rings. The van der Waals surface area contributed by atoms with Crippen molar-refractivity contribution in [2.24, 2.45) is 5.16 Å². The normalized spacial score (nSPS) is 10.1. The van der Waals surface area contributed by atoms with Gasteiger partial charge in [0.05, 0.1) is 6.21 Å². The molecular weight excluding hydrogens is 196 g/mol. The lowest BCUT2D eigenvalue weighted by atomic mass is 10.2. The van der Waals surface area contributed by atoms with E-state index in [-0.39, 0.29) is 0 Å². The van der Waals surface area contributed by atoms with Crippen molar-refractivity contribution in [2.75, 3.05) is 6.61 Å². The highest BCUT2D eigenvalue weighted by Gasteiger charge is 1.93. The molecule has 0 fully saturated rings. The van der Waals surface area contributed by atoms with Crippen molar-refractivity contribution >= 4 is 18.4 Å². The second-order valence-electron chi connectivity index (χ2n) is 2.71. The molecule has 0 saturated heterocycles. The van der Waals surface area contributed by atoms with E-state index in [1.54, 1.807) is 24.3 Å². The molecule has 1 aromatic carbocycles. The molecule has 15 heavy (non-hydrogen) atoms. The Morgan fingerprint density at radius 3 is 2.53 bits per heavy atom. The van der Waals surface area contributed by atoms with Crippen molar-refractivity contribution in [3.8, 4) is 0 Å². The molecule has 1 aromatic rings. The Morgan fingerprint density at radius 1 is 1.40 bits per heavy atom. The standard InChI is InChI=1S/C10H10N2O3/c11-5-8-1-3-9(4-2-8)6-12-15-7-10(13)14/h1-6,11H,7H2,(H,13,14)/b11-5?,12-6+. The lowest BCUT2D eigenvalue weighted by Crippen LogP contribution is -2.03. The Bertz CT molecular complexity index is 371. The minimum Gasteiger partial charge on any atom is -0.479 e. The van der Waals surface area contributed by atoms with Crippen molar-refractivity contribution < 1.29 is 14.7 Å². The zero-order chi connectivity index (χ0) is 11.1. The molecule has 0 spiro atoms. The molecule has 5 heteroatoms. The first kappa shape index (κ1) is 10.9. The van der Waals surface area contributed by atoms with E-state index in [9.17, 15) is 4.79 Å². The van der Waals surface area contributed by atoms with Crippen LogP contribution in [0.1, 0.15) is 11.1 Å². The highest BCUT2D eigenvalue weighted by Crippen LogP contribution is 1.99. The van der Waals surface area contributed by atoms with Gasteiger partial charge in [0.15, 0.2) is 0 Å². The number of benzene rings is 1. The van der Waals surface area contributed by atoms with Crippen molar-refractivity contribution in [1.82, 2.24) is 0 Å². The Morgan fingerprint density at radius 2 is 2.00 bits per heavy atom. The van der Waals surface area contributed by atoms with Gasteiger partial charge in [0.1, 0.15) is 0 Å². The maximum atomic E-state index is 10.1. The average molecular weight is 206 g/mol. The fraction of sp³-hybridized carbons (Fsp3) is 0.100. The topological polar surface area (TPSA) is 82.7 Å². The number of nitrogens with one attached hydrogen (secondary N) is 1. The summed E-state index contributed by atoms with van der Waals surface area (Å²) in [5, 5.41) is 18.7. The third-order valence-corrected chi connectivity index (χ3v) is 1.57. The van der Waals surface area contributed by atoms with E-state index in [0.29, 0.717) is 0 Å². The van der Waals surface area contributed by atoms with E-state index < -0.39 is 12.6 Å². The number of carboxylic acids is 1. The number of hydrogen-bond acceptors (Lipinski definition) is 4. The second kappa shape index (κ2) is 5.54. The molecular formula is C10H10N2O3. The van der Waals surface area contributed by atoms with Gasteiger partial charge in [-0.15, -0.1) is 0 Å². The molecule has 0 heterocycles. The third-order valence-electron chi connectivity index (χ3n) is 1.57. The lowest BCUT2D eigenvalue weighted by Gasteiger charge is -1.95. The number of carboxylic acid groups (broad SMARTS) is 1. The van der Waals surface area contributed by atoms with E-state index in [0.717, 1.165) is 11.1 Å². The van der Waals surface area contributed by atoms with Gasteiger partial charge in [0.25, 0.3) is 0 Å². The smallest absolute Gasteiger partial charge is 0.344 e. The van der Waals surface area contributed by atoms with Crippen molar-refractivity contribution in [3.63, 3.8) is 0 Å². The molecule has 0 bridgehead atoms. The number of carbonyl (C=O) groups is 1. The molecule has 0 aliphatic carbocycles. The first-order chi connectivity index (χ1) is 7.22. The molecule has 0 atom stereocenters. The molecule has 0 amide bonds. The molecule has 5 nitrogen and oxygen atoms in total. The van der Waals surface area contributed by atoms with Crippen LogP contribution in [0.5, 0.6) is 0 Å². The molecule has 0 unspecified atom stereocenters. The van der Waals surface area contributed by atoms with Gasteiger partial charge >= 0.3 is 5.97 Å². The number of aliphatic carboxylic acids is 1. The summed E-state index contributed by atoms with van der Waals surface area (Å²) < 4.78 is 0. The summed E-state index contributed by atoms with van der Waals surface area (Å²) in [7, 11) is 0. The van der Waals surface area contributed by atoms with E-state index in [2.05, 4.69) is 9.99 Å². The number of oxime groups is 1. The zero-order valence-corrected chi connectivity index (χ0v) is 7.88. The molecule has 0 aromatic heterocycles. The summed E-state index contributed by atoms with van der Waals surface area (Å²) in [6.07, 6.45) is 2.65. The Hall–Kier alpha value is -2.17. The highest BCUT2D eigenvalue weighted by atomic mass is 16.6. The van der Waals surface area contributed by atoms with Gasteiger partial charge in [-0.3, -0.25) is 0 Å². The monoisotopic (exact) mass is 206 g/mol. The number of rotatable bonds is 5. The van der Waals surface area contributed by atoms with Crippen LogP contribution in [0.25, 0.3) is 0 Å². The van der Waals surface area contributed by atoms with Gasteiger partial charge in [-0.1, -0.05) is 29.4 Å². The molecule has 0 radical (unpaired) electrons. The van der Waals surface area contributed by atoms with Gasteiger partial charge in [0.2, 0.25) is 6.61 Å². The summed E-state index contributed by atoms with van der Waals surface area (Å²) in [6.45, 7) is -0.449. The molecule has 0 aliphatic heterocycles. The van der Waals surface area contributed by atoms with Crippen LogP contribution >= 0.6 is 0 Å². The molecule has 1 rings (SSSR count). The Balaban J connectivity index is 2.49. The van der Waals surface area contributed by atoms with Crippen LogP contribution in [0.15, 0.2) is 29.4 Å². The van der Waals surface area contributed by atoms with E-state index in [1.165, 1.54) is 12.4 Å². The van der Waals surface area contributed by atoms with E-state index in [1.807, 2.05) is 0 Å². The predicted molar refractivity (Wildman–Crippen MR) is 55.5 cm³/mol. The first-order valence-corrected chi connectivity index (χ1v) is 4.20. The molecule has 0 saturated carbocycles. The SMILES string of the molecule is N=Cc1ccc(/C=N/OCC(=O)O)cc1. The third kappa shape index (κ3) is 4.04. The Labute approximate surface area is 86.5 Å². The van der Waals surface area contributed by atoms with Crippen LogP contribution in [0.2, 0.25) is 0 Å². The summed E-state index contributed by atoms with van der Waals surface area (Å²) in [5.74, 6) is -1.06. The van der Waals surface area contributed by atoms with Crippen molar-refractivity contribution in [2.45, 2.75) is 0 Å². The summed E-state index contributed by atoms with van der Waals surface area (Å²) in [4.78, 5) is 14.6. The van der Waals surface area contributed by atoms with E-state index in [4.69, 9.17) is 10.5 Å².